The molecule has 49 heavy (non-hydrogen) atoms. The number of fused-ring (bicyclic) bond motifs is 13. The van der Waals surface area contributed by atoms with Gasteiger partial charge in [-0.05, 0) is 64.4 Å². The fourth-order valence-electron chi connectivity index (χ4n) is 7.60. The molecule has 4 heterocycles. The summed E-state index contributed by atoms with van der Waals surface area (Å²) in [7, 11) is -0.841. The number of rotatable bonds is 2. The third-order valence-electron chi connectivity index (χ3n) is 9.71. The van der Waals surface area contributed by atoms with E-state index in [0.717, 1.165) is 41.8 Å². The third kappa shape index (κ3) is 4.11. The lowest BCUT2D eigenvalue weighted by atomic mass is 9.99. The minimum Gasteiger partial charge on any atom is -0.242 e. The second kappa shape index (κ2) is 10.7. The van der Waals surface area contributed by atoms with Crippen LogP contribution in [0.2, 0.25) is 0 Å². The minimum absolute atomic E-state index is 0.841. The summed E-state index contributed by atoms with van der Waals surface area (Å²) in [6, 6.07) is 46.5. The molecule has 1 aliphatic rings. The molecule has 0 saturated heterocycles. The first-order chi connectivity index (χ1) is 24.1. The number of thiophene rings is 2. The monoisotopic (exact) mass is 808 g/mol. The molecule has 0 N–H and O–H groups in total. The molecule has 232 valence electrons. The summed E-state index contributed by atoms with van der Waals surface area (Å²) in [5, 5.41) is 7.16. The fourth-order valence-corrected chi connectivity index (χ4v) is 14.2. The maximum Gasteiger partial charge on any atom is 0.113 e. The van der Waals surface area contributed by atoms with Gasteiger partial charge in [0.15, 0.2) is 0 Å². The summed E-state index contributed by atoms with van der Waals surface area (Å²) in [6.45, 7) is 0. The lowest BCUT2D eigenvalue weighted by molar-refractivity contribution is 1.40. The largest absolute Gasteiger partial charge is 0.242 e. The van der Waals surface area contributed by atoms with Crippen molar-refractivity contribution in [1.29, 1.82) is 0 Å². The van der Waals surface area contributed by atoms with E-state index in [1.54, 1.807) is 0 Å². The zero-order chi connectivity index (χ0) is 32.4. The molecule has 3 aromatic heterocycles. The van der Waals surface area contributed by atoms with Crippen LogP contribution in [0, 0.1) is 0 Å². The van der Waals surface area contributed by atoms with E-state index in [0.29, 0.717) is 0 Å². The second-order valence-corrected chi connectivity index (χ2v) is 18.7. The lowest BCUT2D eigenvalue weighted by Crippen LogP contribution is -1.92. The van der Waals surface area contributed by atoms with Crippen molar-refractivity contribution in [2.24, 2.45) is 0 Å². The Morgan fingerprint density at radius 3 is 1.71 bits per heavy atom. The van der Waals surface area contributed by atoms with E-state index in [9.17, 15) is 0 Å². The first kappa shape index (κ1) is 28.7. The smallest absolute Gasteiger partial charge is 0.113 e. The molecule has 0 amide bonds. The minimum atomic E-state index is -0.841. The first-order valence-electron chi connectivity index (χ1n) is 16.0. The Morgan fingerprint density at radius 2 is 1.02 bits per heavy atom. The predicted octanol–water partition coefficient (Wildman–Crippen LogP) is 14.2. The molecular formula is C42H22Br2N2S3. The van der Waals surface area contributed by atoms with Gasteiger partial charge in [-0.3, -0.25) is 0 Å². The highest BCUT2D eigenvalue weighted by molar-refractivity contribution is 9.10. The molecule has 7 aromatic carbocycles. The number of thiol groups is 1. The van der Waals surface area contributed by atoms with Crippen LogP contribution in [0.25, 0.3) is 85.4 Å². The van der Waals surface area contributed by atoms with Crippen LogP contribution in [0.3, 0.4) is 0 Å². The van der Waals surface area contributed by atoms with Crippen LogP contribution in [0.15, 0.2) is 150 Å². The summed E-state index contributed by atoms with van der Waals surface area (Å²) < 4.78 is 6.02. The van der Waals surface area contributed by atoms with E-state index in [2.05, 4.69) is 159 Å². The number of nitrogens with zero attached hydrogens (tertiary/aromatic N) is 2. The Labute approximate surface area is 308 Å². The summed E-state index contributed by atoms with van der Waals surface area (Å²) >= 11 is 11.3. The quantitative estimate of drug-likeness (QED) is 0.139. The van der Waals surface area contributed by atoms with Crippen LogP contribution in [0.1, 0.15) is 0 Å². The topological polar surface area (TPSA) is 25.8 Å². The highest BCUT2D eigenvalue weighted by Gasteiger charge is 2.32. The molecule has 10 aromatic rings. The summed E-state index contributed by atoms with van der Waals surface area (Å²) in [5.41, 5.74) is 7.80. The standard InChI is InChI=1S/C42H22Br2N2S3/c43-22-16-18-27-31(20-22)32-21-23(44)17-19-28(32)37-36(27)45-38-39(46-37)42(49-34-14-5-2-9-25(34)26-10-3-6-15-35(26)49)48-41(38)30-12-7-11-29-24-8-1-4-13-33(24)47-40(29)30/h1-21,49H. The fraction of sp³-hybridized carbons (Fsp3) is 0. The Hall–Kier alpha value is -4.11. The number of halogens is 2. The van der Waals surface area contributed by atoms with Crippen molar-refractivity contribution in [3.8, 4) is 21.6 Å². The molecule has 0 aliphatic carbocycles. The van der Waals surface area contributed by atoms with Gasteiger partial charge < -0.3 is 0 Å². The third-order valence-corrected chi connectivity index (χ3v) is 16.1. The summed E-state index contributed by atoms with van der Waals surface area (Å²) in [4.78, 5) is 15.4. The van der Waals surface area contributed by atoms with Crippen molar-refractivity contribution in [2.45, 2.75) is 14.0 Å². The summed E-state index contributed by atoms with van der Waals surface area (Å²) in [5.74, 6) is 0. The summed E-state index contributed by atoms with van der Waals surface area (Å²) in [6.07, 6.45) is 0. The van der Waals surface area contributed by atoms with E-state index in [-0.39, 0.29) is 0 Å². The van der Waals surface area contributed by atoms with Crippen LogP contribution < -0.4 is 0 Å². The van der Waals surface area contributed by atoms with Crippen LogP contribution in [0.4, 0.5) is 0 Å². The van der Waals surface area contributed by atoms with Gasteiger partial charge >= 0.3 is 0 Å². The Morgan fingerprint density at radius 1 is 0.449 bits per heavy atom. The number of hydrogen-bond acceptors (Lipinski definition) is 4. The molecule has 11 rings (SSSR count). The molecule has 1 aliphatic heterocycles. The van der Waals surface area contributed by atoms with Gasteiger partial charge in [-0.2, -0.15) is 10.9 Å². The van der Waals surface area contributed by atoms with Gasteiger partial charge in [0, 0.05) is 55.2 Å². The van der Waals surface area contributed by atoms with Gasteiger partial charge in [-0.15, -0.1) is 22.7 Å². The molecule has 2 nitrogen and oxygen atoms in total. The van der Waals surface area contributed by atoms with Crippen LogP contribution in [-0.4, -0.2) is 9.97 Å². The molecule has 0 fully saturated rings. The van der Waals surface area contributed by atoms with Crippen molar-refractivity contribution >= 4 is 129 Å². The average molecular weight is 811 g/mol. The molecule has 7 heteroatoms. The zero-order valence-electron chi connectivity index (χ0n) is 25.5. The molecule has 0 atom stereocenters. The van der Waals surface area contributed by atoms with Crippen molar-refractivity contribution in [3.63, 3.8) is 0 Å². The zero-order valence-corrected chi connectivity index (χ0v) is 31.2. The molecule has 0 unspecified atom stereocenters. The second-order valence-electron chi connectivity index (χ2n) is 12.4. The molecular weight excluding hydrogens is 788 g/mol. The van der Waals surface area contributed by atoms with Crippen molar-refractivity contribution in [2.75, 3.05) is 0 Å². The highest BCUT2D eigenvalue weighted by atomic mass is 79.9. The first-order valence-corrected chi connectivity index (χ1v) is 20.5. The highest BCUT2D eigenvalue weighted by Crippen LogP contribution is 2.66. The van der Waals surface area contributed by atoms with Crippen LogP contribution in [-0.2, 0) is 0 Å². The number of hydrogen-bond donors (Lipinski definition) is 1. The van der Waals surface area contributed by atoms with E-state index in [1.807, 2.05) is 22.7 Å². The van der Waals surface area contributed by atoms with Gasteiger partial charge in [0.25, 0.3) is 0 Å². The predicted molar refractivity (Wildman–Crippen MR) is 219 cm³/mol. The van der Waals surface area contributed by atoms with Gasteiger partial charge in [-0.25, -0.2) is 9.97 Å². The maximum atomic E-state index is 5.71. The van der Waals surface area contributed by atoms with E-state index in [4.69, 9.17) is 9.97 Å². The molecule has 0 spiro atoms. The van der Waals surface area contributed by atoms with Crippen molar-refractivity contribution in [3.05, 3.63) is 136 Å². The van der Waals surface area contributed by atoms with Gasteiger partial charge in [0.05, 0.1) is 20.1 Å². The molecule has 0 radical (unpaired) electrons. The van der Waals surface area contributed by atoms with Crippen LogP contribution >= 0.6 is 65.4 Å². The van der Waals surface area contributed by atoms with E-state index >= 15 is 0 Å². The van der Waals surface area contributed by atoms with Crippen LogP contribution in [0.5, 0.6) is 0 Å². The molecule has 0 saturated carbocycles. The van der Waals surface area contributed by atoms with Crippen molar-refractivity contribution in [1.82, 2.24) is 9.97 Å². The van der Waals surface area contributed by atoms with E-state index < -0.39 is 10.9 Å². The van der Waals surface area contributed by atoms with Gasteiger partial charge in [0.2, 0.25) is 0 Å². The van der Waals surface area contributed by atoms with E-state index in [1.165, 1.54) is 66.5 Å². The number of aromatic nitrogens is 2. The average Bonchev–Trinajstić information content (AvgIpc) is 3.80. The Kier molecular flexibility index (Phi) is 6.26. The Bertz CT molecular complexity index is 3010. The Balaban J connectivity index is 1.32. The number of benzene rings is 7. The molecule has 0 bridgehead atoms. The van der Waals surface area contributed by atoms with Gasteiger partial charge in [0.1, 0.15) is 11.0 Å². The maximum absolute atomic E-state index is 5.71. The van der Waals surface area contributed by atoms with Crippen molar-refractivity contribution < 1.29 is 0 Å². The SMILES string of the molecule is Brc1ccc2c(c1)c1cc(Br)ccc1c1nc3c([SH]4c5ccccc5-c5ccccc54)sc(-c4cccc5c4sc4ccccc45)c3nc21. The van der Waals surface area contributed by atoms with Gasteiger partial charge in [-0.1, -0.05) is 117 Å². The normalized spacial score (nSPS) is 13.4. The lowest BCUT2D eigenvalue weighted by Gasteiger charge is -2.17.